The molecule has 2 saturated heterocycles. The molecule has 4 nitrogen and oxygen atoms in total. The Bertz CT molecular complexity index is 660. The zero-order valence-electron chi connectivity index (χ0n) is 17.0. The van der Waals surface area contributed by atoms with Gasteiger partial charge in [-0.3, -0.25) is 0 Å². The third-order valence-electron chi connectivity index (χ3n) is 6.32. The van der Waals surface area contributed by atoms with E-state index in [2.05, 4.69) is 64.6 Å². The van der Waals surface area contributed by atoms with Gasteiger partial charge in [0, 0.05) is 18.8 Å². The van der Waals surface area contributed by atoms with Crippen molar-refractivity contribution in [1.82, 2.24) is 0 Å². The topological polar surface area (TPSA) is 30.9 Å². The molecule has 0 amide bonds. The van der Waals surface area contributed by atoms with E-state index in [1.165, 1.54) is 24.1 Å². The summed E-state index contributed by atoms with van der Waals surface area (Å²) in [6, 6.07) is 6.94. The maximum Gasteiger partial charge on any atom is 0.494 e. The van der Waals surface area contributed by atoms with Crippen molar-refractivity contribution in [2.24, 2.45) is 0 Å². The van der Waals surface area contributed by atoms with Crippen LogP contribution in [-0.4, -0.2) is 43.6 Å². The van der Waals surface area contributed by atoms with E-state index in [1.807, 2.05) is 0 Å². The zero-order valence-corrected chi connectivity index (χ0v) is 17.0. The highest BCUT2D eigenvalue weighted by molar-refractivity contribution is 6.62. The Balaban J connectivity index is 1.66. The summed E-state index contributed by atoms with van der Waals surface area (Å²) in [6.07, 6.45) is 3.09. The smallest absolute Gasteiger partial charge is 0.399 e. The minimum atomic E-state index is -0.310. The van der Waals surface area contributed by atoms with Gasteiger partial charge in [0.1, 0.15) is 0 Å². The molecule has 2 aliphatic heterocycles. The number of hydrogen-bond donors (Lipinski definition) is 0. The summed E-state index contributed by atoms with van der Waals surface area (Å²) in [4.78, 5) is 2.46. The van der Waals surface area contributed by atoms with Crippen LogP contribution in [0.25, 0.3) is 0 Å². The maximum absolute atomic E-state index is 6.32. The second-order valence-corrected chi connectivity index (χ2v) is 9.38. The van der Waals surface area contributed by atoms with Gasteiger partial charge in [0.05, 0.1) is 23.4 Å². The van der Waals surface area contributed by atoms with Gasteiger partial charge in [-0.15, -0.1) is 0 Å². The highest BCUT2D eigenvalue weighted by Gasteiger charge is 2.52. The first-order chi connectivity index (χ1) is 12.1. The molecule has 1 aromatic carbocycles. The Kier molecular flexibility index (Phi) is 4.41. The molecular formula is C21H32BNO3. The first kappa shape index (κ1) is 18.3. The first-order valence-corrected chi connectivity index (χ1v) is 10.1. The molecule has 1 aliphatic carbocycles. The van der Waals surface area contributed by atoms with Gasteiger partial charge in [-0.2, -0.15) is 0 Å². The third-order valence-corrected chi connectivity index (χ3v) is 6.32. The van der Waals surface area contributed by atoms with Gasteiger partial charge in [0.15, 0.2) is 0 Å². The van der Waals surface area contributed by atoms with E-state index in [0.29, 0.717) is 5.92 Å². The molecule has 26 heavy (non-hydrogen) atoms. The SMILES string of the molecule is C[C@@H]1CN(c2cc(B3OC(C)(C)C(C)(C)O3)cc(C3CC3)c2)C[C@H](C)O1. The summed E-state index contributed by atoms with van der Waals surface area (Å²) in [5.41, 5.74) is 3.24. The van der Waals surface area contributed by atoms with Gasteiger partial charge >= 0.3 is 7.12 Å². The maximum atomic E-state index is 6.32. The Labute approximate surface area is 158 Å². The number of anilines is 1. The Morgan fingerprint density at radius 3 is 2.04 bits per heavy atom. The Hall–Kier alpha value is -1.04. The third kappa shape index (κ3) is 3.41. The van der Waals surface area contributed by atoms with Crippen LogP contribution in [0.5, 0.6) is 0 Å². The summed E-state index contributed by atoms with van der Waals surface area (Å²) in [6.45, 7) is 14.6. The van der Waals surface area contributed by atoms with E-state index in [9.17, 15) is 0 Å². The fourth-order valence-corrected chi connectivity index (χ4v) is 4.00. The van der Waals surface area contributed by atoms with Crippen LogP contribution in [0.15, 0.2) is 18.2 Å². The van der Waals surface area contributed by atoms with Crippen molar-refractivity contribution in [3.63, 3.8) is 0 Å². The van der Waals surface area contributed by atoms with E-state index in [1.54, 1.807) is 0 Å². The van der Waals surface area contributed by atoms with Crippen LogP contribution in [-0.2, 0) is 14.0 Å². The summed E-state index contributed by atoms with van der Waals surface area (Å²) >= 11 is 0. The van der Waals surface area contributed by atoms with E-state index in [4.69, 9.17) is 14.0 Å². The average Bonchev–Trinajstić information content (AvgIpc) is 3.34. The number of rotatable bonds is 3. The van der Waals surface area contributed by atoms with Gasteiger partial charge < -0.3 is 18.9 Å². The van der Waals surface area contributed by atoms with Gasteiger partial charge in [-0.05, 0) is 83.5 Å². The molecule has 2 heterocycles. The van der Waals surface area contributed by atoms with Crippen molar-refractivity contribution in [3.05, 3.63) is 23.8 Å². The average molecular weight is 357 g/mol. The van der Waals surface area contributed by atoms with Gasteiger partial charge in [0.25, 0.3) is 0 Å². The lowest BCUT2D eigenvalue weighted by molar-refractivity contribution is -0.00521. The van der Waals surface area contributed by atoms with Crippen molar-refractivity contribution in [2.45, 2.75) is 83.7 Å². The van der Waals surface area contributed by atoms with E-state index < -0.39 is 0 Å². The lowest BCUT2D eigenvalue weighted by Crippen LogP contribution is -2.46. The summed E-state index contributed by atoms with van der Waals surface area (Å²) in [7, 11) is -0.298. The number of morpholine rings is 1. The highest BCUT2D eigenvalue weighted by Crippen LogP contribution is 2.42. The summed E-state index contributed by atoms with van der Waals surface area (Å²) in [5.74, 6) is 0.701. The molecule has 0 radical (unpaired) electrons. The van der Waals surface area contributed by atoms with Crippen LogP contribution in [0.1, 0.15) is 65.9 Å². The monoisotopic (exact) mass is 357 g/mol. The van der Waals surface area contributed by atoms with Crippen LogP contribution in [0.3, 0.4) is 0 Å². The van der Waals surface area contributed by atoms with Crippen molar-refractivity contribution in [1.29, 1.82) is 0 Å². The molecule has 0 N–H and O–H groups in total. The molecular weight excluding hydrogens is 325 g/mol. The standard InChI is InChI=1S/C21H32BNO3/c1-14-12-23(13-15(2)24-14)19-10-17(16-7-8-16)9-18(11-19)22-25-20(3,4)21(5,6)26-22/h9-11,14-16H,7-8,12-13H2,1-6H3/t14-,15+. The molecule has 3 aliphatic rings. The predicted molar refractivity (Wildman–Crippen MR) is 106 cm³/mol. The van der Waals surface area contributed by atoms with Crippen molar-refractivity contribution < 1.29 is 14.0 Å². The molecule has 3 fully saturated rings. The molecule has 1 aromatic rings. The van der Waals surface area contributed by atoms with Crippen LogP contribution in [0.2, 0.25) is 0 Å². The van der Waals surface area contributed by atoms with E-state index >= 15 is 0 Å². The number of nitrogens with zero attached hydrogens (tertiary/aromatic N) is 1. The van der Waals surface area contributed by atoms with Crippen molar-refractivity contribution in [2.75, 3.05) is 18.0 Å². The van der Waals surface area contributed by atoms with Gasteiger partial charge in [-0.1, -0.05) is 6.07 Å². The van der Waals surface area contributed by atoms with E-state index in [0.717, 1.165) is 18.6 Å². The molecule has 0 unspecified atom stereocenters. The minimum absolute atomic E-state index is 0.253. The van der Waals surface area contributed by atoms with Crippen LogP contribution >= 0.6 is 0 Å². The molecule has 5 heteroatoms. The second-order valence-electron chi connectivity index (χ2n) is 9.38. The molecule has 0 spiro atoms. The molecule has 4 rings (SSSR count). The minimum Gasteiger partial charge on any atom is -0.399 e. The quantitative estimate of drug-likeness (QED) is 0.775. The number of ether oxygens (including phenoxy) is 1. The first-order valence-electron chi connectivity index (χ1n) is 10.1. The van der Waals surface area contributed by atoms with Crippen LogP contribution in [0.4, 0.5) is 5.69 Å². The van der Waals surface area contributed by atoms with Crippen molar-refractivity contribution in [3.8, 4) is 0 Å². The highest BCUT2D eigenvalue weighted by atomic mass is 16.7. The molecule has 142 valence electrons. The van der Waals surface area contributed by atoms with Crippen LogP contribution in [0, 0.1) is 0 Å². The van der Waals surface area contributed by atoms with Gasteiger partial charge in [0.2, 0.25) is 0 Å². The fraction of sp³-hybridized carbons (Fsp3) is 0.714. The normalized spacial score (nSPS) is 30.7. The summed E-state index contributed by atoms with van der Waals surface area (Å²) < 4.78 is 18.6. The summed E-state index contributed by atoms with van der Waals surface area (Å²) in [5, 5.41) is 0. The zero-order chi connectivity index (χ0) is 18.7. The lowest BCUT2D eigenvalue weighted by atomic mass is 9.77. The Morgan fingerprint density at radius 1 is 0.923 bits per heavy atom. The van der Waals surface area contributed by atoms with Crippen LogP contribution < -0.4 is 10.4 Å². The second kappa shape index (κ2) is 6.25. The van der Waals surface area contributed by atoms with Crippen molar-refractivity contribution >= 4 is 18.3 Å². The number of hydrogen-bond acceptors (Lipinski definition) is 4. The lowest BCUT2D eigenvalue weighted by Gasteiger charge is -2.37. The Morgan fingerprint density at radius 2 is 1.50 bits per heavy atom. The molecule has 0 bridgehead atoms. The predicted octanol–water partition coefficient (Wildman–Crippen LogP) is 3.48. The molecule has 1 saturated carbocycles. The molecule has 2 atom stereocenters. The van der Waals surface area contributed by atoms with Gasteiger partial charge in [-0.25, -0.2) is 0 Å². The number of benzene rings is 1. The fourth-order valence-electron chi connectivity index (χ4n) is 4.00. The van der Waals surface area contributed by atoms with E-state index in [-0.39, 0.29) is 30.5 Å². The molecule has 0 aromatic heterocycles. The largest absolute Gasteiger partial charge is 0.494 e.